The molecule has 1 N–H and O–H groups in total. The number of rotatable bonds is 2. The van der Waals surface area contributed by atoms with Gasteiger partial charge >= 0.3 is 12.4 Å². The molecule has 0 unspecified atom stereocenters. The molecule has 0 aliphatic carbocycles. The van der Waals surface area contributed by atoms with Crippen molar-refractivity contribution < 1.29 is 31.1 Å². The minimum Gasteiger partial charge on any atom is -0.320 e. The zero-order chi connectivity index (χ0) is 22.5. The predicted molar refractivity (Wildman–Crippen MR) is 96.1 cm³/mol. The average Bonchev–Trinajstić information content (AvgIpc) is 3.03. The van der Waals surface area contributed by atoms with Crippen LogP contribution in [0, 0.1) is 0 Å². The van der Waals surface area contributed by atoms with Gasteiger partial charge in [-0.3, -0.25) is 4.79 Å². The van der Waals surface area contributed by atoms with E-state index < -0.39 is 46.3 Å². The van der Waals surface area contributed by atoms with Crippen molar-refractivity contribution >= 4 is 17.2 Å². The highest BCUT2D eigenvalue weighted by atomic mass is 19.4. The van der Waals surface area contributed by atoms with Crippen LogP contribution in [0.1, 0.15) is 48.2 Å². The number of anilines is 1. The van der Waals surface area contributed by atoms with Crippen molar-refractivity contribution in [2.75, 3.05) is 5.32 Å². The van der Waals surface area contributed by atoms with E-state index in [0.717, 1.165) is 30.3 Å². The van der Waals surface area contributed by atoms with Crippen LogP contribution in [0.4, 0.5) is 32.0 Å². The molecule has 0 spiro atoms. The summed E-state index contributed by atoms with van der Waals surface area (Å²) in [6.45, 7) is 5.01. The molecule has 0 saturated heterocycles. The fourth-order valence-electron chi connectivity index (χ4n) is 2.70. The van der Waals surface area contributed by atoms with E-state index in [1.165, 1.54) is 6.07 Å². The number of hydrogen-bond acceptors (Lipinski definition) is 3. The maximum absolute atomic E-state index is 13.5. The van der Waals surface area contributed by atoms with Gasteiger partial charge in [0, 0.05) is 11.5 Å². The summed E-state index contributed by atoms with van der Waals surface area (Å²) >= 11 is 0. The molecule has 5 nitrogen and oxygen atoms in total. The van der Waals surface area contributed by atoms with Crippen LogP contribution < -0.4 is 5.32 Å². The molecule has 11 heteroatoms. The van der Waals surface area contributed by atoms with Gasteiger partial charge in [-0.05, 0) is 18.2 Å². The van der Waals surface area contributed by atoms with E-state index in [0.29, 0.717) is 4.52 Å². The molecule has 0 aliphatic heterocycles. The molecule has 3 rings (SSSR count). The van der Waals surface area contributed by atoms with Crippen molar-refractivity contribution in [3.63, 3.8) is 0 Å². The summed E-state index contributed by atoms with van der Waals surface area (Å²) in [5, 5.41) is 5.68. The van der Waals surface area contributed by atoms with Crippen LogP contribution in [-0.4, -0.2) is 20.5 Å². The molecule has 0 fully saturated rings. The van der Waals surface area contributed by atoms with Crippen LogP contribution >= 0.6 is 0 Å². The zero-order valence-corrected chi connectivity index (χ0v) is 16.0. The molecule has 0 saturated carbocycles. The Morgan fingerprint density at radius 3 is 2.17 bits per heavy atom. The van der Waals surface area contributed by atoms with E-state index in [1.807, 2.05) is 0 Å². The minimum absolute atomic E-state index is 0.122. The van der Waals surface area contributed by atoms with Crippen LogP contribution in [0.2, 0.25) is 0 Å². The maximum atomic E-state index is 13.5. The van der Waals surface area contributed by atoms with E-state index in [-0.39, 0.29) is 11.3 Å². The fraction of sp³-hybridized carbons (Fsp3) is 0.316. The molecule has 2 heterocycles. The zero-order valence-electron chi connectivity index (χ0n) is 16.0. The van der Waals surface area contributed by atoms with Crippen molar-refractivity contribution in [1.82, 2.24) is 14.6 Å². The number of hydrogen-bond donors (Lipinski definition) is 1. The Morgan fingerprint density at radius 2 is 1.60 bits per heavy atom. The van der Waals surface area contributed by atoms with E-state index in [2.05, 4.69) is 15.4 Å². The molecule has 0 radical (unpaired) electrons. The molecular weight excluding hydrogens is 414 g/mol. The maximum Gasteiger partial charge on any atom is 0.433 e. The highest BCUT2D eigenvalue weighted by Crippen LogP contribution is 2.35. The summed E-state index contributed by atoms with van der Waals surface area (Å²) in [7, 11) is 0. The van der Waals surface area contributed by atoms with Crippen LogP contribution in [-0.2, 0) is 17.8 Å². The number of para-hydroxylation sites is 1. The van der Waals surface area contributed by atoms with Gasteiger partial charge in [0.2, 0.25) is 0 Å². The lowest BCUT2D eigenvalue weighted by Gasteiger charge is -2.19. The summed E-state index contributed by atoms with van der Waals surface area (Å²) in [5.74, 6) is -1.09. The van der Waals surface area contributed by atoms with Crippen molar-refractivity contribution in [2.24, 2.45) is 0 Å². The molecule has 1 amide bonds. The van der Waals surface area contributed by atoms with Crippen LogP contribution in [0.3, 0.4) is 0 Å². The molecule has 1 aromatic carbocycles. The number of halogens is 6. The second kappa shape index (κ2) is 6.99. The highest BCUT2D eigenvalue weighted by Gasteiger charge is 2.37. The number of carbonyl (C=O) groups excluding carboxylic acids is 1. The standard InChI is InChI=1S/C19H16F6N4O/c1-17(2,3)13-9-14(19(23,24)25)29-15(27-13)8-12(28-29)16(30)26-11-7-5-4-6-10(11)18(20,21)22/h4-9H,1-3H3,(H,26,30). The topological polar surface area (TPSA) is 59.3 Å². The number of amides is 1. The van der Waals surface area contributed by atoms with Gasteiger partial charge in [0.25, 0.3) is 5.91 Å². The molecule has 3 aromatic rings. The first-order chi connectivity index (χ1) is 13.7. The van der Waals surface area contributed by atoms with E-state index in [4.69, 9.17) is 0 Å². The number of fused-ring (bicyclic) bond motifs is 1. The summed E-state index contributed by atoms with van der Waals surface area (Å²) < 4.78 is 80.3. The van der Waals surface area contributed by atoms with E-state index in [9.17, 15) is 31.1 Å². The van der Waals surface area contributed by atoms with Crippen molar-refractivity contribution in [3.8, 4) is 0 Å². The largest absolute Gasteiger partial charge is 0.433 e. The van der Waals surface area contributed by atoms with Gasteiger partial charge < -0.3 is 5.32 Å². The third kappa shape index (κ3) is 4.24. The first kappa shape index (κ1) is 21.6. The number of nitrogens with zero attached hydrogens (tertiary/aromatic N) is 3. The quantitative estimate of drug-likeness (QED) is 0.560. The fourth-order valence-corrected chi connectivity index (χ4v) is 2.70. The van der Waals surface area contributed by atoms with Gasteiger partial charge in [0.05, 0.1) is 16.9 Å². The molecule has 160 valence electrons. The normalized spacial score (nSPS) is 13.0. The highest BCUT2D eigenvalue weighted by molar-refractivity contribution is 6.04. The molecule has 0 bridgehead atoms. The minimum atomic E-state index is -4.79. The Labute approximate surface area is 166 Å². The first-order valence-corrected chi connectivity index (χ1v) is 8.64. The predicted octanol–water partition coefficient (Wildman–Crippen LogP) is 5.32. The molecule has 30 heavy (non-hydrogen) atoms. The van der Waals surface area contributed by atoms with Crippen molar-refractivity contribution in [3.05, 3.63) is 59.0 Å². The summed E-state index contributed by atoms with van der Waals surface area (Å²) in [6, 6.07) is 6.08. The van der Waals surface area contributed by atoms with E-state index in [1.54, 1.807) is 20.8 Å². The summed E-state index contributed by atoms with van der Waals surface area (Å²) in [5.41, 5.74) is -4.12. The summed E-state index contributed by atoms with van der Waals surface area (Å²) in [6.07, 6.45) is -9.51. The van der Waals surface area contributed by atoms with Gasteiger partial charge in [0.1, 0.15) is 5.69 Å². The molecular formula is C19H16F6N4O. The lowest BCUT2D eigenvalue weighted by Crippen LogP contribution is -2.20. The summed E-state index contributed by atoms with van der Waals surface area (Å²) in [4.78, 5) is 16.6. The Kier molecular flexibility index (Phi) is 5.03. The van der Waals surface area contributed by atoms with Gasteiger partial charge in [0.15, 0.2) is 11.3 Å². The second-order valence-electron chi connectivity index (χ2n) is 7.57. The third-order valence-corrected chi connectivity index (χ3v) is 4.20. The molecule has 2 aromatic heterocycles. The number of carbonyl (C=O) groups is 1. The van der Waals surface area contributed by atoms with Crippen LogP contribution in [0.25, 0.3) is 5.65 Å². The molecule has 0 atom stereocenters. The average molecular weight is 430 g/mol. The van der Waals surface area contributed by atoms with Gasteiger partial charge in [-0.25, -0.2) is 9.50 Å². The van der Waals surface area contributed by atoms with E-state index >= 15 is 0 Å². The van der Waals surface area contributed by atoms with Gasteiger partial charge in [-0.2, -0.15) is 31.4 Å². The number of nitrogens with one attached hydrogen (secondary N) is 1. The Hall–Kier alpha value is -3.11. The number of alkyl halides is 6. The van der Waals surface area contributed by atoms with Crippen molar-refractivity contribution in [1.29, 1.82) is 0 Å². The monoisotopic (exact) mass is 430 g/mol. The Bertz CT molecular complexity index is 1110. The Balaban J connectivity index is 2.07. The SMILES string of the molecule is CC(C)(C)c1cc(C(F)(F)F)n2nc(C(=O)Nc3ccccc3C(F)(F)F)cc2n1. The number of benzene rings is 1. The smallest absolute Gasteiger partial charge is 0.320 e. The van der Waals surface area contributed by atoms with Gasteiger partial charge in [-0.1, -0.05) is 32.9 Å². The van der Waals surface area contributed by atoms with Crippen LogP contribution in [0.15, 0.2) is 36.4 Å². The van der Waals surface area contributed by atoms with Crippen LogP contribution in [0.5, 0.6) is 0 Å². The lowest BCUT2D eigenvalue weighted by atomic mass is 9.91. The number of aromatic nitrogens is 3. The lowest BCUT2D eigenvalue weighted by molar-refractivity contribution is -0.142. The Morgan fingerprint density at radius 1 is 0.967 bits per heavy atom. The third-order valence-electron chi connectivity index (χ3n) is 4.20. The van der Waals surface area contributed by atoms with Crippen molar-refractivity contribution in [2.45, 2.75) is 38.5 Å². The molecule has 0 aliphatic rings. The van der Waals surface area contributed by atoms with Gasteiger partial charge in [-0.15, -0.1) is 0 Å². The second-order valence-corrected chi connectivity index (χ2v) is 7.57. The first-order valence-electron chi connectivity index (χ1n) is 8.64.